The Morgan fingerprint density at radius 2 is 1.68 bits per heavy atom. The zero-order chi connectivity index (χ0) is 23.4. The minimum absolute atomic E-state index is 0.0440. The molecule has 31 heavy (non-hydrogen) atoms. The van der Waals surface area contributed by atoms with Gasteiger partial charge in [0, 0.05) is 25.5 Å². The van der Waals surface area contributed by atoms with Crippen LogP contribution in [0.1, 0.15) is 15.9 Å². The number of hydrogen-bond donors (Lipinski definition) is 2. The number of carbonyl (C=O) groups excluding carboxylic acids is 2. The monoisotopic (exact) mass is 469 g/mol. The van der Waals surface area contributed by atoms with Crippen molar-refractivity contribution in [3.63, 3.8) is 0 Å². The number of aryl methyl sites for hydroxylation is 1. The maximum Gasteiger partial charge on any atom is 0.338 e. The van der Waals surface area contributed by atoms with Gasteiger partial charge < -0.3 is 10.1 Å². The number of sulfonamides is 2. The van der Waals surface area contributed by atoms with Crippen molar-refractivity contribution < 1.29 is 31.2 Å². The number of anilines is 2. The molecule has 12 heteroatoms. The third-order valence-corrected chi connectivity index (χ3v) is 6.53. The number of ether oxygens (including phenoxy) is 1. The van der Waals surface area contributed by atoms with E-state index in [1.54, 1.807) is 13.0 Å². The SMILES string of the molecule is Cc1ccc(NC(=O)COC(=O)c2cccc(NS(C)(=O)=O)c2)cc1S(=O)(=O)N(C)C. The van der Waals surface area contributed by atoms with Crippen LogP contribution in [0.4, 0.5) is 11.4 Å². The van der Waals surface area contributed by atoms with Crippen LogP contribution >= 0.6 is 0 Å². The summed E-state index contributed by atoms with van der Waals surface area (Å²) in [5.74, 6) is -1.50. The molecule has 0 saturated carbocycles. The second-order valence-corrected chi connectivity index (χ2v) is 10.7. The first-order valence-electron chi connectivity index (χ1n) is 8.87. The highest BCUT2D eigenvalue weighted by Crippen LogP contribution is 2.22. The molecule has 0 saturated heterocycles. The smallest absolute Gasteiger partial charge is 0.338 e. The number of nitrogens with zero attached hydrogens (tertiary/aromatic N) is 1. The number of nitrogens with one attached hydrogen (secondary N) is 2. The number of rotatable bonds is 8. The van der Waals surface area contributed by atoms with Gasteiger partial charge in [0.2, 0.25) is 20.0 Å². The molecule has 0 radical (unpaired) electrons. The minimum atomic E-state index is -3.70. The Bertz CT molecular complexity index is 1210. The zero-order valence-corrected chi connectivity index (χ0v) is 19.0. The molecular weight excluding hydrogens is 446 g/mol. The lowest BCUT2D eigenvalue weighted by atomic mass is 10.2. The first-order valence-corrected chi connectivity index (χ1v) is 12.2. The molecule has 10 nitrogen and oxygen atoms in total. The van der Waals surface area contributed by atoms with Crippen LogP contribution < -0.4 is 10.0 Å². The van der Waals surface area contributed by atoms with E-state index < -0.39 is 38.5 Å². The van der Waals surface area contributed by atoms with Gasteiger partial charge in [-0.1, -0.05) is 12.1 Å². The molecule has 0 aliphatic rings. The Hall–Kier alpha value is -2.96. The maximum absolute atomic E-state index is 12.4. The van der Waals surface area contributed by atoms with Crippen molar-refractivity contribution >= 4 is 43.3 Å². The van der Waals surface area contributed by atoms with E-state index in [1.165, 1.54) is 50.5 Å². The molecule has 0 aromatic heterocycles. The Morgan fingerprint density at radius 1 is 1.00 bits per heavy atom. The van der Waals surface area contributed by atoms with Gasteiger partial charge in [-0.25, -0.2) is 25.9 Å². The third kappa shape index (κ3) is 6.77. The summed E-state index contributed by atoms with van der Waals surface area (Å²) in [7, 11) is -4.41. The molecule has 0 unspecified atom stereocenters. The van der Waals surface area contributed by atoms with Crippen molar-refractivity contribution in [1.82, 2.24) is 4.31 Å². The zero-order valence-electron chi connectivity index (χ0n) is 17.4. The van der Waals surface area contributed by atoms with Crippen LogP contribution in [-0.4, -0.2) is 60.0 Å². The van der Waals surface area contributed by atoms with Crippen molar-refractivity contribution in [1.29, 1.82) is 0 Å². The van der Waals surface area contributed by atoms with Gasteiger partial charge in [-0.15, -0.1) is 0 Å². The van der Waals surface area contributed by atoms with Crippen LogP contribution in [0.5, 0.6) is 0 Å². The van der Waals surface area contributed by atoms with Crippen LogP contribution in [0.2, 0.25) is 0 Å². The second kappa shape index (κ2) is 9.45. The van der Waals surface area contributed by atoms with Crippen molar-refractivity contribution in [2.75, 3.05) is 37.0 Å². The number of carbonyl (C=O) groups is 2. The number of amides is 1. The van der Waals surface area contributed by atoms with E-state index in [1.807, 2.05) is 0 Å². The first-order chi connectivity index (χ1) is 14.3. The van der Waals surface area contributed by atoms with Crippen molar-refractivity contribution in [3.8, 4) is 0 Å². The summed E-state index contributed by atoms with van der Waals surface area (Å²) in [5, 5.41) is 2.48. The summed E-state index contributed by atoms with van der Waals surface area (Å²) in [6.45, 7) is 1.02. The van der Waals surface area contributed by atoms with E-state index in [-0.39, 0.29) is 21.8 Å². The standard InChI is InChI=1S/C19H23N3O7S2/c1-13-8-9-15(11-17(13)31(27,28)22(2)3)20-18(23)12-29-19(24)14-6-5-7-16(10-14)21-30(4,25)26/h5-11,21H,12H2,1-4H3,(H,20,23). The van der Waals surface area contributed by atoms with Crippen molar-refractivity contribution in [3.05, 3.63) is 53.6 Å². The average Bonchev–Trinajstić information content (AvgIpc) is 2.66. The Balaban J connectivity index is 2.05. The summed E-state index contributed by atoms with van der Waals surface area (Å²) in [6.07, 6.45) is 0.975. The van der Waals surface area contributed by atoms with Crippen LogP contribution in [-0.2, 0) is 29.6 Å². The Morgan fingerprint density at radius 3 is 2.29 bits per heavy atom. The van der Waals surface area contributed by atoms with Crippen molar-refractivity contribution in [2.45, 2.75) is 11.8 Å². The van der Waals surface area contributed by atoms with Crippen LogP contribution in [0.3, 0.4) is 0 Å². The molecule has 0 fully saturated rings. The number of hydrogen-bond acceptors (Lipinski definition) is 7. The first kappa shape index (κ1) is 24.3. The largest absolute Gasteiger partial charge is 0.452 e. The van der Waals surface area contributed by atoms with E-state index in [9.17, 15) is 26.4 Å². The fraction of sp³-hybridized carbons (Fsp3) is 0.263. The molecule has 0 atom stereocenters. The van der Waals surface area contributed by atoms with Crippen LogP contribution in [0, 0.1) is 6.92 Å². The number of benzene rings is 2. The molecule has 0 bridgehead atoms. The molecule has 1 amide bonds. The van der Waals surface area contributed by atoms with Gasteiger partial charge in [-0.2, -0.15) is 0 Å². The average molecular weight is 470 g/mol. The van der Waals surface area contributed by atoms with E-state index >= 15 is 0 Å². The number of esters is 1. The molecule has 168 valence electrons. The minimum Gasteiger partial charge on any atom is -0.452 e. The van der Waals surface area contributed by atoms with E-state index in [2.05, 4.69) is 10.0 Å². The van der Waals surface area contributed by atoms with Gasteiger partial charge in [-0.3, -0.25) is 9.52 Å². The van der Waals surface area contributed by atoms with Gasteiger partial charge in [0.25, 0.3) is 5.91 Å². The second-order valence-electron chi connectivity index (χ2n) is 6.85. The fourth-order valence-corrected chi connectivity index (χ4v) is 4.19. The molecule has 2 aromatic carbocycles. The summed E-state index contributed by atoms with van der Waals surface area (Å²) in [5.41, 5.74) is 0.971. The molecular formula is C19H23N3O7S2. The molecule has 2 rings (SSSR count). The summed E-state index contributed by atoms with van der Waals surface area (Å²) in [4.78, 5) is 24.3. The van der Waals surface area contributed by atoms with E-state index in [0.717, 1.165) is 10.6 Å². The van der Waals surface area contributed by atoms with Gasteiger partial charge in [-0.05, 0) is 42.8 Å². The Kier molecular flexibility index (Phi) is 7.41. The molecule has 0 heterocycles. The fourth-order valence-electron chi connectivity index (χ4n) is 2.49. The lowest BCUT2D eigenvalue weighted by Gasteiger charge is -2.15. The predicted octanol–water partition coefficient (Wildman–Crippen LogP) is 1.41. The molecule has 0 aliphatic heterocycles. The van der Waals surface area contributed by atoms with E-state index in [4.69, 9.17) is 4.74 Å². The van der Waals surface area contributed by atoms with E-state index in [0.29, 0.717) is 5.56 Å². The predicted molar refractivity (Wildman–Crippen MR) is 116 cm³/mol. The summed E-state index contributed by atoms with van der Waals surface area (Å²) < 4.78 is 55.6. The van der Waals surface area contributed by atoms with Gasteiger partial charge in [0.1, 0.15) is 0 Å². The highest BCUT2D eigenvalue weighted by atomic mass is 32.2. The molecule has 2 aromatic rings. The Labute approximate surface area is 181 Å². The summed E-state index contributed by atoms with van der Waals surface area (Å²) in [6, 6.07) is 10.0. The van der Waals surface area contributed by atoms with Crippen LogP contribution in [0.15, 0.2) is 47.4 Å². The molecule has 2 N–H and O–H groups in total. The molecule has 0 spiro atoms. The maximum atomic E-state index is 12.4. The van der Waals surface area contributed by atoms with Gasteiger partial charge in [0.15, 0.2) is 6.61 Å². The normalized spacial score (nSPS) is 11.8. The summed E-state index contributed by atoms with van der Waals surface area (Å²) >= 11 is 0. The third-order valence-electron chi connectivity index (χ3n) is 3.97. The van der Waals surface area contributed by atoms with Crippen LogP contribution in [0.25, 0.3) is 0 Å². The topological polar surface area (TPSA) is 139 Å². The lowest BCUT2D eigenvalue weighted by Crippen LogP contribution is -2.24. The quantitative estimate of drug-likeness (QED) is 0.557. The highest BCUT2D eigenvalue weighted by Gasteiger charge is 2.20. The van der Waals surface area contributed by atoms with Gasteiger partial charge in [0.05, 0.1) is 16.7 Å². The molecule has 0 aliphatic carbocycles. The van der Waals surface area contributed by atoms with Crippen molar-refractivity contribution in [2.24, 2.45) is 0 Å². The highest BCUT2D eigenvalue weighted by molar-refractivity contribution is 7.92. The van der Waals surface area contributed by atoms with Gasteiger partial charge >= 0.3 is 5.97 Å². The lowest BCUT2D eigenvalue weighted by molar-refractivity contribution is -0.119.